The smallest absolute Gasteiger partial charge is 0.137 e. The Bertz CT molecular complexity index is 3440. The van der Waals surface area contributed by atoms with Gasteiger partial charge >= 0.3 is 0 Å². The summed E-state index contributed by atoms with van der Waals surface area (Å²) in [5.41, 5.74) is 14.6. The van der Waals surface area contributed by atoms with Crippen LogP contribution in [0.25, 0.3) is 38.8 Å². The first kappa shape index (κ1) is 49.2. The number of hydrogen-bond acceptors (Lipinski definition) is 4. The van der Waals surface area contributed by atoms with Crippen LogP contribution in [-0.4, -0.2) is 16.2 Å². The summed E-state index contributed by atoms with van der Waals surface area (Å²) in [4.78, 5) is 10.1. The number of fused-ring (bicyclic) bond motifs is 3. The number of allylic oxidation sites excluding steroid dienone is 2. The largest absolute Gasteiger partial charge is 0.457 e. The molecule has 1 aliphatic heterocycles. The van der Waals surface area contributed by atoms with Gasteiger partial charge in [-0.15, -0.1) is 0 Å². The molecule has 2 aromatic heterocycles. The van der Waals surface area contributed by atoms with E-state index in [4.69, 9.17) is 9.72 Å². The molecule has 0 fully saturated rings. The van der Waals surface area contributed by atoms with Crippen molar-refractivity contribution in [2.45, 2.75) is 106 Å². The van der Waals surface area contributed by atoms with Gasteiger partial charge in [-0.3, -0.25) is 4.57 Å². The minimum Gasteiger partial charge on any atom is -0.457 e. The zero-order chi connectivity index (χ0) is 51.7. The number of ether oxygens (including phenoxy) is 1. The third-order valence-corrected chi connectivity index (χ3v) is 15.2. The SMILES string of the molecule is CC(C)(C)C1=C(C(C)(C)C)N(c2cc(C(C)(C)c3ccccc3)cc(C(C)(C)c3ccccc3)c2)CN1c1cc(Oc2ccc3c4ccccc4n(-c4cc(C(C)(C)C)ccn4)c3c2)cc(-c2ccccc2)c1. The molecule has 370 valence electrons. The van der Waals surface area contributed by atoms with Crippen molar-refractivity contribution in [3.8, 4) is 28.4 Å². The highest BCUT2D eigenvalue weighted by molar-refractivity contribution is 6.09. The van der Waals surface area contributed by atoms with Crippen LogP contribution in [0.15, 0.2) is 200 Å². The Morgan fingerprint density at radius 2 is 0.904 bits per heavy atom. The van der Waals surface area contributed by atoms with Gasteiger partial charge in [0.1, 0.15) is 17.3 Å². The molecule has 0 bridgehead atoms. The average molecular weight is 961 g/mol. The number of rotatable bonds is 10. The van der Waals surface area contributed by atoms with Crippen molar-refractivity contribution in [3.63, 3.8) is 0 Å². The molecule has 0 spiro atoms. The molecule has 5 heteroatoms. The summed E-state index contributed by atoms with van der Waals surface area (Å²) in [5.74, 6) is 2.42. The van der Waals surface area contributed by atoms with Gasteiger partial charge in [-0.25, -0.2) is 4.98 Å². The van der Waals surface area contributed by atoms with Gasteiger partial charge in [0.25, 0.3) is 0 Å². The van der Waals surface area contributed by atoms with E-state index in [1.165, 1.54) is 50.3 Å². The van der Waals surface area contributed by atoms with Crippen LogP contribution in [0.1, 0.15) is 118 Å². The van der Waals surface area contributed by atoms with Crippen molar-refractivity contribution >= 4 is 33.2 Å². The van der Waals surface area contributed by atoms with Crippen molar-refractivity contribution in [2.75, 3.05) is 16.5 Å². The number of nitrogens with zero attached hydrogens (tertiary/aromatic N) is 4. The second-order valence-electron chi connectivity index (χ2n) is 24.3. The maximum absolute atomic E-state index is 7.14. The highest BCUT2D eigenvalue weighted by atomic mass is 16.5. The first-order chi connectivity index (χ1) is 34.6. The molecule has 0 amide bonds. The Hall–Kier alpha value is -7.37. The quantitative estimate of drug-likeness (QED) is 0.137. The normalized spacial score (nSPS) is 13.9. The van der Waals surface area contributed by atoms with E-state index in [1.54, 1.807) is 0 Å². The molecule has 0 saturated carbocycles. The zero-order valence-electron chi connectivity index (χ0n) is 45.3. The molecule has 0 saturated heterocycles. The number of para-hydroxylation sites is 1. The molecule has 0 N–H and O–H groups in total. The topological polar surface area (TPSA) is 33.5 Å². The van der Waals surface area contributed by atoms with Gasteiger partial charge in [0, 0.05) is 73.5 Å². The van der Waals surface area contributed by atoms with E-state index in [9.17, 15) is 0 Å². The summed E-state index contributed by atoms with van der Waals surface area (Å²) in [6.45, 7) is 31.1. The average Bonchev–Trinajstić information content (AvgIpc) is 3.95. The maximum Gasteiger partial charge on any atom is 0.137 e. The lowest BCUT2D eigenvalue weighted by Gasteiger charge is -2.36. The molecule has 9 aromatic rings. The molecule has 0 atom stereocenters. The van der Waals surface area contributed by atoms with Crippen LogP contribution in [0.4, 0.5) is 11.4 Å². The first-order valence-electron chi connectivity index (χ1n) is 26.0. The van der Waals surface area contributed by atoms with E-state index < -0.39 is 0 Å². The van der Waals surface area contributed by atoms with Crippen molar-refractivity contribution < 1.29 is 4.74 Å². The van der Waals surface area contributed by atoms with Crippen LogP contribution < -0.4 is 14.5 Å². The van der Waals surface area contributed by atoms with Crippen LogP contribution in [-0.2, 0) is 16.2 Å². The van der Waals surface area contributed by atoms with Crippen molar-refractivity contribution in [1.82, 2.24) is 9.55 Å². The predicted molar refractivity (Wildman–Crippen MR) is 309 cm³/mol. The molecule has 5 nitrogen and oxygen atoms in total. The summed E-state index contributed by atoms with van der Waals surface area (Å²) in [6, 6.07) is 66.3. The molecule has 0 aliphatic carbocycles. The summed E-state index contributed by atoms with van der Waals surface area (Å²) in [5, 5.41) is 2.34. The van der Waals surface area contributed by atoms with Crippen LogP contribution >= 0.6 is 0 Å². The summed E-state index contributed by atoms with van der Waals surface area (Å²) in [6.07, 6.45) is 1.94. The summed E-state index contributed by atoms with van der Waals surface area (Å²) < 4.78 is 9.43. The molecule has 7 aromatic carbocycles. The molecular weight excluding hydrogens is 889 g/mol. The third kappa shape index (κ3) is 9.35. The molecular formula is C68H72N4O. The molecule has 1 aliphatic rings. The molecule has 73 heavy (non-hydrogen) atoms. The van der Waals surface area contributed by atoms with E-state index in [0.29, 0.717) is 6.67 Å². The van der Waals surface area contributed by atoms with Crippen LogP contribution in [0.3, 0.4) is 0 Å². The van der Waals surface area contributed by atoms with Gasteiger partial charge in [0.15, 0.2) is 0 Å². The molecule has 0 radical (unpaired) electrons. The van der Waals surface area contributed by atoms with Crippen molar-refractivity contribution in [3.05, 3.63) is 227 Å². The van der Waals surface area contributed by atoms with Crippen LogP contribution in [0.2, 0.25) is 0 Å². The van der Waals surface area contributed by atoms with E-state index >= 15 is 0 Å². The Morgan fingerprint density at radius 1 is 0.384 bits per heavy atom. The van der Waals surface area contributed by atoms with Gasteiger partial charge in [-0.1, -0.05) is 205 Å². The first-order valence-corrected chi connectivity index (χ1v) is 26.0. The lowest BCUT2D eigenvalue weighted by Crippen LogP contribution is -2.32. The third-order valence-electron chi connectivity index (χ3n) is 15.2. The Labute approximate surface area is 434 Å². The minimum atomic E-state index is -0.267. The highest BCUT2D eigenvalue weighted by Gasteiger charge is 2.43. The fourth-order valence-corrected chi connectivity index (χ4v) is 11.0. The van der Waals surface area contributed by atoms with E-state index in [-0.39, 0.29) is 27.1 Å². The van der Waals surface area contributed by atoms with Crippen molar-refractivity contribution in [2.24, 2.45) is 10.8 Å². The molecule has 0 unspecified atom stereocenters. The van der Waals surface area contributed by atoms with Gasteiger partial charge < -0.3 is 14.5 Å². The molecule has 3 heterocycles. The van der Waals surface area contributed by atoms with Gasteiger partial charge in [-0.2, -0.15) is 0 Å². The van der Waals surface area contributed by atoms with E-state index in [2.05, 4.69) is 286 Å². The Kier molecular flexibility index (Phi) is 12.3. The van der Waals surface area contributed by atoms with Gasteiger partial charge in [0.2, 0.25) is 0 Å². The van der Waals surface area contributed by atoms with E-state index in [0.717, 1.165) is 50.6 Å². The highest BCUT2D eigenvalue weighted by Crippen LogP contribution is 2.51. The van der Waals surface area contributed by atoms with E-state index in [1.807, 2.05) is 6.20 Å². The summed E-state index contributed by atoms with van der Waals surface area (Å²) >= 11 is 0. The second kappa shape index (κ2) is 18.3. The molecule has 10 rings (SSSR count). The van der Waals surface area contributed by atoms with Crippen LogP contribution in [0, 0.1) is 10.8 Å². The number of aromatic nitrogens is 2. The van der Waals surface area contributed by atoms with Gasteiger partial charge in [0.05, 0.1) is 17.7 Å². The predicted octanol–water partition coefficient (Wildman–Crippen LogP) is 18.2. The zero-order valence-corrected chi connectivity index (χ0v) is 45.3. The number of pyridine rings is 1. The minimum absolute atomic E-state index is 0.0280. The monoisotopic (exact) mass is 961 g/mol. The maximum atomic E-state index is 7.14. The second-order valence-corrected chi connectivity index (χ2v) is 24.3. The number of anilines is 2. The fourth-order valence-electron chi connectivity index (χ4n) is 11.0. The lowest BCUT2D eigenvalue weighted by atomic mass is 9.73. The van der Waals surface area contributed by atoms with Crippen molar-refractivity contribution in [1.29, 1.82) is 0 Å². The number of hydrogen-bond donors (Lipinski definition) is 0. The summed E-state index contributed by atoms with van der Waals surface area (Å²) in [7, 11) is 0. The number of benzene rings is 7. The lowest BCUT2D eigenvalue weighted by molar-refractivity contribution is 0.444. The standard InChI is InChI=1S/C68H72N4O/c1-64(2,3)50-35-36-69-61(42-50)72-59-32-24-23-31-57(59)58-34-33-55(44-60(58)72)73-56-38-47(46-25-17-14-18-26-46)37-53(43-56)70-45-71(63(66(7,8)9)62(70)65(4,5)6)54-40-51(67(10,11)48-27-19-15-20-28-48)39-52(41-54)68(12,13)49-29-21-16-22-30-49/h14-44H,45H2,1-13H3. The fraction of sp³-hybridized carbons (Fsp3) is 0.279. The van der Waals surface area contributed by atoms with Gasteiger partial charge in [-0.05, 0) is 99.0 Å². The van der Waals surface area contributed by atoms with Crippen LogP contribution in [0.5, 0.6) is 11.5 Å². The Balaban J connectivity index is 1.14. The Morgan fingerprint density at radius 3 is 1.47 bits per heavy atom.